The van der Waals surface area contributed by atoms with Crippen LogP contribution in [0.25, 0.3) is 6.08 Å². The highest BCUT2D eigenvalue weighted by Crippen LogP contribution is 2.36. The minimum Gasteiger partial charge on any atom is -0.357 e. The second-order valence-electron chi connectivity index (χ2n) is 7.69. The van der Waals surface area contributed by atoms with Crippen LogP contribution in [0.3, 0.4) is 0 Å². The molecule has 0 aromatic carbocycles. The van der Waals surface area contributed by atoms with E-state index in [4.69, 9.17) is 12.2 Å². The maximum Gasteiger partial charge on any atom is 0.270 e. The first-order valence-electron chi connectivity index (χ1n) is 10.6. The topological polar surface area (TPSA) is 69.3 Å². The van der Waals surface area contributed by atoms with Crippen LogP contribution in [0.1, 0.15) is 62.6 Å². The molecule has 0 N–H and O–H groups in total. The zero-order chi connectivity index (χ0) is 21.8. The number of hydrogen-bond acceptors (Lipinski definition) is 6. The summed E-state index contributed by atoms with van der Waals surface area (Å²) in [5.74, 6) is 0.742. The summed E-state index contributed by atoms with van der Waals surface area (Å²) in [6, 6.07) is 2.09. The number of thioether (sulfide) groups is 1. The fraction of sp³-hybridized carbons (Fsp3) is 0.545. The molecule has 0 spiro atoms. The number of pyridine rings is 1. The summed E-state index contributed by atoms with van der Waals surface area (Å²) in [4.78, 5) is 30.5. The minimum absolute atomic E-state index is 0.0861. The molecule has 1 aromatic rings. The Kier molecular flexibility index (Phi) is 7.37. The van der Waals surface area contributed by atoms with Crippen molar-refractivity contribution in [2.45, 2.75) is 59.4 Å². The van der Waals surface area contributed by atoms with Crippen LogP contribution in [0.5, 0.6) is 0 Å². The lowest BCUT2D eigenvalue weighted by Gasteiger charge is -2.26. The predicted octanol–water partition coefficient (Wildman–Crippen LogP) is 4.04. The molecule has 6 nitrogen and oxygen atoms in total. The van der Waals surface area contributed by atoms with Gasteiger partial charge in [-0.15, -0.1) is 0 Å². The molecule has 1 aromatic heterocycles. The summed E-state index contributed by atoms with van der Waals surface area (Å²) in [5.41, 5.74) is 1.33. The quantitative estimate of drug-likeness (QED) is 0.467. The normalized spacial score (nSPS) is 18.0. The van der Waals surface area contributed by atoms with Crippen LogP contribution >= 0.6 is 24.0 Å². The van der Waals surface area contributed by atoms with Gasteiger partial charge in [-0.2, -0.15) is 5.26 Å². The van der Waals surface area contributed by atoms with E-state index in [0.717, 1.165) is 56.6 Å². The third kappa shape index (κ3) is 4.19. The molecule has 160 valence electrons. The number of unbranched alkanes of at least 4 members (excludes halogenated alkanes) is 1. The van der Waals surface area contributed by atoms with E-state index in [1.807, 2.05) is 13.0 Å². The maximum atomic E-state index is 13.1. The van der Waals surface area contributed by atoms with Crippen LogP contribution in [-0.2, 0) is 11.3 Å². The Morgan fingerprint density at radius 3 is 2.47 bits per heavy atom. The average Bonchev–Trinajstić information content (AvgIpc) is 3.34. The molecule has 0 unspecified atom stereocenters. The molecule has 0 bridgehead atoms. The van der Waals surface area contributed by atoms with Gasteiger partial charge >= 0.3 is 0 Å². The van der Waals surface area contributed by atoms with Gasteiger partial charge in [-0.3, -0.25) is 19.1 Å². The molecular formula is C22H28N4O2S2. The second-order valence-corrected chi connectivity index (χ2v) is 9.36. The summed E-state index contributed by atoms with van der Waals surface area (Å²) >= 11 is 6.75. The molecule has 2 saturated heterocycles. The van der Waals surface area contributed by atoms with Crippen molar-refractivity contribution in [1.29, 1.82) is 5.26 Å². The van der Waals surface area contributed by atoms with E-state index < -0.39 is 0 Å². The first-order chi connectivity index (χ1) is 14.4. The average molecular weight is 445 g/mol. The summed E-state index contributed by atoms with van der Waals surface area (Å²) in [5, 5.41) is 9.67. The predicted molar refractivity (Wildman–Crippen MR) is 127 cm³/mol. The van der Waals surface area contributed by atoms with Crippen LogP contribution in [0.4, 0.5) is 5.82 Å². The van der Waals surface area contributed by atoms with Crippen molar-refractivity contribution in [3.63, 3.8) is 0 Å². The smallest absolute Gasteiger partial charge is 0.270 e. The Morgan fingerprint density at radius 2 is 1.87 bits per heavy atom. The van der Waals surface area contributed by atoms with Crippen molar-refractivity contribution in [3.05, 3.63) is 31.9 Å². The largest absolute Gasteiger partial charge is 0.357 e. The van der Waals surface area contributed by atoms with Crippen molar-refractivity contribution in [2.24, 2.45) is 0 Å². The number of nitrogens with zero attached hydrogens (tertiary/aromatic N) is 4. The van der Waals surface area contributed by atoms with Gasteiger partial charge in [0.05, 0.1) is 4.91 Å². The molecule has 0 saturated carbocycles. The van der Waals surface area contributed by atoms with E-state index in [-0.39, 0.29) is 17.0 Å². The van der Waals surface area contributed by atoms with Gasteiger partial charge in [0, 0.05) is 31.7 Å². The second kappa shape index (κ2) is 9.80. The standard InChI is InChI=1S/C22H28N4O2S2/c1-4-6-12-26-21(28)18(30-22(26)29)13-16-15(3)17(14-23)20(27)25(9-5-2)19(16)24-10-7-8-11-24/h13H,4-12H2,1-3H3/b18-13+. The Morgan fingerprint density at radius 1 is 1.17 bits per heavy atom. The summed E-state index contributed by atoms with van der Waals surface area (Å²) in [6.07, 6.45) is 6.66. The lowest BCUT2D eigenvalue weighted by Crippen LogP contribution is -2.33. The van der Waals surface area contributed by atoms with E-state index in [0.29, 0.717) is 27.9 Å². The Balaban J connectivity index is 2.18. The highest BCUT2D eigenvalue weighted by molar-refractivity contribution is 8.26. The fourth-order valence-electron chi connectivity index (χ4n) is 3.98. The van der Waals surface area contributed by atoms with Gasteiger partial charge in [0.2, 0.25) is 0 Å². The SMILES string of the molecule is CCCCN1C(=O)/C(=C\c2c(C)c(C#N)c(=O)n(CCC)c2N2CCCC2)SC1=S. The van der Waals surface area contributed by atoms with E-state index in [2.05, 4.69) is 17.9 Å². The summed E-state index contributed by atoms with van der Waals surface area (Å²) in [7, 11) is 0. The number of aromatic nitrogens is 1. The van der Waals surface area contributed by atoms with E-state index in [1.165, 1.54) is 11.8 Å². The number of carbonyl (C=O) groups is 1. The van der Waals surface area contributed by atoms with Gasteiger partial charge in [-0.1, -0.05) is 44.2 Å². The van der Waals surface area contributed by atoms with Gasteiger partial charge in [0.15, 0.2) is 0 Å². The summed E-state index contributed by atoms with van der Waals surface area (Å²) in [6.45, 7) is 8.80. The third-order valence-electron chi connectivity index (χ3n) is 5.58. The first kappa shape index (κ1) is 22.6. The number of rotatable bonds is 7. The van der Waals surface area contributed by atoms with E-state index >= 15 is 0 Å². The van der Waals surface area contributed by atoms with Crippen molar-refractivity contribution >= 4 is 46.1 Å². The fourth-order valence-corrected chi connectivity index (χ4v) is 5.28. The molecule has 30 heavy (non-hydrogen) atoms. The molecule has 2 aliphatic rings. The number of carbonyl (C=O) groups excluding carboxylic acids is 1. The Hall–Kier alpha value is -2.11. The molecule has 2 fully saturated rings. The highest BCUT2D eigenvalue weighted by Gasteiger charge is 2.33. The van der Waals surface area contributed by atoms with E-state index in [9.17, 15) is 14.9 Å². The van der Waals surface area contributed by atoms with Crippen LogP contribution < -0.4 is 10.5 Å². The van der Waals surface area contributed by atoms with Crippen LogP contribution in [0, 0.1) is 18.3 Å². The van der Waals surface area contributed by atoms with Gasteiger partial charge in [-0.25, -0.2) is 0 Å². The number of hydrogen-bond donors (Lipinski definition) is 0. The highest BCUT2D eigenvalue weighted by atomic mass is 32.2. The number of amides is 1. The lowest BCUT2D eigenvalue weighted by atomic mass is 10.0. The molecule has 3 heterocycles. The number of thiocarbonyl (C=S) groups is 1. The Labute approximate surface area is 187 Å². The minimum atomic E-state index is -0.244. The number of anilines is 1. The van der Waals surface area contributed by atoms with Gasteiger partial charge in [0.25, 0.3) is 11.5 Å². The molecule has 1 amide bonds. The van der Waals surface area contributed by atoms with Gasteiger partial charge < -0.3 is 4.90 Å². The molecule has 8 heteroatoms. The molecule has 3 rings (SSSR count). The van der Waals surface area contributed by atoms with Gasteiger partial charge in [-0.05, 0) is 44.2 Å². The molecule has 0 atom stereocenters. The van der Waals surface area contributed by atoms with Crippen molar-refractivity contribution < 1.29 is 4.79 Å². The Bertz CT molecular complexity index is 984. The monoisotopic (exact) mass is 444 g/mol. The van der Waals surface area contributed by atoms with Crippen molar-refractivity contribution in [1.82, 2.24) is 9.47 Å². The zero-order valence-corrected chi connectivity index (χ0v) is 19.5. The summed E-state index contributed by atoms with van der Waals surface area (Å²) < 4.78 is 2.29. The molecule has 0 radical (unpaired) electrons. The van der Waals surface area contributed by atoms with E-state index in [1.54, 1.807) is 16.4 Å². The van der Waals surface area contributed by atoms with Crippen LogP contribution in [0.15, 0.2) is 9.70 Å². The molecule has 0 aliphatic carbocycles. The zero-order valence-electron chi connectivity index (χ0n) is 17.9. The molecule has 2 aliphatic heterocycles. The first-order valence-corrected chi connectivity index (χ1v) is 11.8. The third-order valence-corrected chi connectivity index (χ3v) is 6.96. The van der Waals surface area contributed by atoms with Crippen molar-refractivity contribution in [3.8, 4) is 6.07 Å². The lowest BCUT2D eigenvalue weighted by molar-refractivity contribution is -0.122. The molecular weight excluding hydrogens is 416 g/mol. The number of nitriles is 1. The van der Waals surface area contributed by atoms with Crippen LogP contribution in [0.2, 0.25) is 0 Å². The van der Waals surface area contributed by atoms with Gasteiger partial charge in [0.1, 0.15) is 21.8 Å². The van der Waals surface area contributed by atoms with Crippen molar-refractivity contribution in [2.75, 3.05) is 24.5 Å². The maximum absolute atomic E-state index is 13.1. The van der Waals surface area contributed by atoms with Crippen LogP contribution in [-0.4, -0.2) is 39.3 Å².